The van der Waals surface area contributed by atoms with Gasteiger partial charge in [-0.1, -0.05) is 30.3 Å². The molecule has 0 aliphatic carbocycles. The zero-order chi connectivity index (χ0) is 14.0. The second kappa shape index (κ2) is 5.84. The normalized spacial score (nSPS) is 35.3. The predicted molar refractivity (Wildman–Crippen MR) is 81.8 cm³/mol. The molecular formula is C17H26N2O. The summed E-state index contributed by atoms with van der Waals surface area (Å²) in [5.41, 5.74) is 1.46. The molecule has 3 nitrogen and oxygen atoms in total. The van der Waals surface area contributed by atoms with E-state index in [0.717, 1.165) is 26.2 Å². The molecular weight excluding hydrogens is 248 g/mol. The van der Waals surface area contributed by atoms with E-state index in [1.807, 2.05) is 0 Å². The molecule has 2 aliphatic rings. The van der Waals surface area contributed by atoms with Crippen molar-refractivity contribution in [2.24, 2.45) is 0 Å². The Balaban J connectivity index is 1.76. The number of piperazine rings is 1. The predicted octanol–water partition coefficient (Wildman–Crippen LogP) is 2.59. The van der Waals surface area contributed by atoms with Crippen LogP contribution in [0.4, 0.5) is 0 Å². The van der Waals surface area contributed by atoms with E-state index in [1.54, 1.807) is 0 Å². The fourth-order valence-electron chi connectivity index (χ4n) is 3.56. The Morgan fingerprint density at radius 2 is 2.15 bits per heavy atom. The first-order chi connectivity index (χ1) is 9.66. The molecule has 0 saturated carbocycles. The summed E-state index contributed by atoms with van der Waals surface area (Å²) in [6.07, 6.45) is 2.39. The van der Waals surface area contributed by atoms with E-state index >= 15 is 0 Å². The minimum absolute atomic E-state index is 0.0457. The molecule has 0 amide bonds. The number of rotatable bonds is 3. The van der Waals surface area contributed by atoms with Crippen LogP contribution in [0.5, 0.6) is 0 Å². The van der Waals surface area contributed by atoms with Gasteiger partial charge in [0, 0.05) is 38.3 Å². The largest absolute Gasteiger partial charge is 0.374 e. The molecule has 3 atom stereocenters. The van der Waals surface area contributed by atoms with E-state index in [1.165, 1.54) is 18.4 Å². The quantitative estimate of drug-likeness (QED) is 0.917. The molecule has 0 spiro atoms. The summed E-state index contributed by atoms with van der Waals surface area (Å²) in [5, 5.41) is 3.62. The summed E-state index contributed by atoms with van der Waals surface area (Å²) in [6, 6.07) is 11.9. The van der Waals surface area contributed by atoms with Crippen LogP contribution in [0, 0.1) is 0 Å². The third-order valence-electron chi connectivity index (χ3n) is 4.63. The van der Waals surface area contributed by atoms with Gasteiger partial charge >= 0.3 is 0 Å². The Morgan fingerprint density at radius 1 is 1.35 bits per heavy atom. The zero-order valence-corrected chi connectivity index (χ0v) is 12.6. The Morgan fingerprint density at radius 3 is 2.85 bits per heavy atom. The van der Waals surface area contributed by atoms with E-state index in [4.69, 9.17) is 4.74 Å². The van der Waals surface area contributed by atoms with Gasteiger partial charge in [-0.15, -0.1) is 0 Å². The molecule has 20 heavy (non-hydrogen) atoms. The van der Waals surface area contributed by atoms with Crippen molar-refractivity contribution in [1.82, 2.24) is 10.2 Å². The molecule has 1 aromatic carbocycles. The maximum absolute atomic E-state index is 6.00. The number of nitrogens with one attached hydrogen (secondary N) is 1. The van der Waals surface area contributed by atoms with Crippen LogP contribution in [0.2, 0.25) is 0 Å². The first-order valence-corrected chi connectivity index (χ1v) is 7.83. The highest BCUT2D eigenvalue weighted by Crippen LogP contribution is 2.31. The van der Waals surface area contributed by atoms with Crippen LogP contribution in [0.3, 0.4) is 0 Å². The smallest absolute Gasteiger partial charge is 0.0781 e. The van der Waals surface area contributed by atoms with E-state index < -0.39 is 0 Å². The fraction of sp³-hybridized carbons (Fsp3) is 0.647. The lowest BCUT2D eigenvalue weighted by atomic mass is 9.96. The SMILES string of the molecule is CC1CN(CC2(C)CCCO2)C(c2ccccc2)CN1. The van der Waals surface area contributed by atoms with Crippen LogP contribution in [0.15, 0.2) is 30.3 Å². The third-order valence-corrected chi connectivity index (χ3v) is 4.63. The van der Waals surface area contributed by atoms with Gasteiger partial charge in [0.25, 0.3) is 0 Å². The minimum atomic E-state index is 0.0457. The van der Waals surface area contributed by atoms with Gasteiger partial charge in [-0.05, 0) is 32.3 Å². The Labute approximate surface area is 122 Å². The van der Waals surface area contributed by atoms with Crippen LogP contribution in [0.1, 0.15) is 38.3 Å². The molecule has 110 valence electrons. The lowest BCUT2D eigenvalue weighted by molar-refractivity contribution is -0.0274. The van der Waals surface area contributed by atoms with Crippen molar-refractivity contribution in [2.75, 3.05) is 26.2 Å². The Kier molecular flexibility index (Phi) is 4.11. The molecule has 0 bridgehead atoms. The van der Waals surface area contributed by atoms with E-state index in [9.17, 15) is 0 Å². The molecule has 2 fully saturated rings. The van der Waals surface area contributed by atoms with Gasteiger partial charge in [0.1, 0.15) is 0 Å². The number of benzene rings is 1. The molecule has 1 aromatic rings. The van der Waals surface area contributed by atoms with Crippen molar-refractivity contribution < 1.29 is 4.74 Å². The Hall–Kier alpha value is -0.900. The van der Waals surface area contributed by atoms with E-state index in [0.29, 0.717) is 12.1 Å². The van der Waals surface area contributed by atoms with Gasteiger partial charge in [-0.25, -0.2) is 0 Å². The van der Waals surface area contributed by atoms with Crippen molar-refractivity contribution in [3.8, 4) is 0 Å². The maximum Gasteiger partial charge on any atom is 0.0781 e. The standard InChI is InChI=1S/C17H26N2O/c1-14-12-19(13-17(2)9-6-10-20-17)16(11-18-14)15-7-4-3-5-8-15/h3-5,7-8,14,16,18H,6,9-13H2,1-2H3. The van der Waals surface area contributed by atoms with Crippen LogP contribution in [-0.2, 0) is 4.74 Å². The van der Waals surface area contributed by atoms with Gasteiger partial charge in [0.05, 0.1) is 5.60 Å². The van der Waals surface area contributed by atoms with Crippen LogP contribution in [-0.4, -0.2) is 42.8 Å². The first kappa shape index (κ1) is 14.1. The number of hydrogen-bond acceptors (Lipinski definition) is 3. The summed E-state index contributed by atoms with van der Waals surface area (Å²) in [5.74, 6) is 0. The Bertz CT molecular complexity index is 428. The molecule has 3 heteroatoms. The molecule has 0 radical (unpaired) electrons. The first-order valence-electron chi connectivity index (χ1n) is 7.83. The van der Waals surface area contributed by atoms with Crippen LogP contribution in [0.25, 0.3) is 0 Å². The van der Waals surface area contributed by atoms with Crippen molar-refractivity contribution in [2.45, 2.75) is 44.4 Å². The summed E-state index contributed by atoms with van der Waals surface area (Å²) in [7, 11) is 0. The summed E-state index contributed by atoms with van der Waals surface area (Å²) >= 11 is 0. The van der Waals surface area contributed by atoms with Gasteiger partial charge in [0.15, 0.2) is 0 Å². The average Bonchev–Trinajstić information content (AvgIpc) is 2.86. The second-order valence-electron chi connectivity index (χ2n) is 6.57. The van der Waals surface area contributed by atoms with Gasteiger partial charge in [0.2, 0.25) is 0 Å². The van der Waals surface area contributed by atoms with Crippen molar-refractivity contribution >= 4 is 0 Å². The molecule has 3 unspecified atom stereocenters. The lowest BCUT2D eigenvalue weighted by Crippen LogP contribution is -2.54. The zero-order valence-electron chi connectivity index (χ0n) is 12.6. The topological polar surface area (TPSA) is 24.5 Å². The van der Waals surface area contributed by atoms with Crippen molar-refractivity contribution in [1.29, 1.82) is 0 Å². The average molecular weight is 274 g/mol. The van der Waals surface area contributed by atoms with Gasteiger partial charge in [-0.3, -0.25) is 4.90 Å². The monoisotopic (exact) mass is 274 g/mol. The molecule has 0 aromatic heterocycles. The molecule has 2 saturated heterocycles. The molecule has 1 N–H and O–H groups in total. The molecule has 2 heterocycles. The maximum atomic E-state index is 6.00. The summed E-state index contributed by atoms with van der Waals surface area (Å²) in [6.45, 7) is 8.63. The van der Waals surface area contributed by atoms with Crippen molar-refractivity contribution in [3.63, 3.8) is 0 Å². The van der Waals surface area contributed by atoms with Crippen LogP contribution < -0.4 is 5.32 Å². The molecule has 3 rings (SSSR count). The van der Waals surface area contributed by atoms with Crippen molar-refractivity contribution in [3.05, 3.63) is 35.9 Å². The van der Waals surface area contributed by atoms with E-state index in [2.05, 4.69) is 54.4 Å². The minimum Gasteiger partial charge on any atom is -0.374 e. The number of hydrogen-bond donors (Lipinski definition) is 1. The van der Waals surface area contributed by atoms with Gasteiger partial charge in [-0.2, -0.15) is 0 Å². The lowest BCUT2D eigenvalue weighted by Gasteiger charge is -2.43. The van der Waals surface area contributed by atoms with E-state index in [-0.39, 0.29) is 5.60 Å². The highest BCUT2D eigenvalue weighted by atomic mass is 16.5. The molecule has 2 aliphatic heterocycles. The second-order valence-corrected chi connectivity index (χ2v) is 6.57. The highest BCUT2D eigenvalue weighted by molar-refractivity contribution is 5.20. The number of nitrogens with zero attached hydrogens (tertiary/aromatic N) is 1. The fourth-order valence-corrected chi connectivity index (χ4v) is 3.56. The highest BCUT2D eigenvalue weighted by Gasteiger charge is 2.36. The summed E-state index contributed by atoms with van der Waals surface area (Å²) < 4.78 is 6.00. The van der Waals surface area contributed by atoms with Gasteiger partial charge < -0.3 is 10.1 Å². The van der Waals surface area contributed by atoms with Crippen LogP contribution >= 0.6 is 0 Å². The third kappa shape index (κ3) is 3.05. The number of ether oxygens (including phenoxy) is 1. The summed E-state index contributed by atoms with van der Waals surface area (Å²) in [4.78, 5) is 2.61.